The Kier molecular flexibility index (Phi) is 1.75. The molecule has 0 amide bonds. The minimum atomic E-state index is -2.59. The SMILES string of the molecule is FC(F)c1ncn(Br)n1. The lowest BCUT2D eigenvalue weighted by molar-refractivity contribution is 0.140. The summed E-state index contributed by atoms with van der Waals surface area (Å²) in [4.78, 5) is 3.27. The van der Waals surface area contributed by atoms with E-state index in [-0.39, 0.29) is 0 Å². The Bertz CT molecular complexity index is 199. The van der Waals surface area contributed by atoms with Crippen LogP contribution in [-0.2, 0) is 0 Å². The first-order chi connectivity index (χ1) is 4.20. The van der Waals surface area contributed by atoms with E-state index in [4.69, 9.17) is 0 Å². The summed E-state index contributed by atoms with van der Waals surface area (Å²) < 4.78 is 24.3. The number of hydrogen-bond donors (Lipinski definition) is 0. The van der Waals surface area contributed by atoms with E-state index in [1.54, 1.807) is 0 Å². The zero-order valence-electron chi connectivity index (χ0n) is 4.13. The maximum atomic E-state index is 11.6. The van der Waals surface area contributed by atoms with Gasteiger partial charge in [0.15, 0.2) is 0 Å². The van der Waals surface area contributed by atoms with Crippen molar-refractivity contribution >= 4 is 16.1 Å². The summed E-state index contributed by atoms with van der Waals surface area (Å²) in [6.07, 6.45) is -1.44. The fraction of sp³-hybridized carbons (Fsp3) is 0.333. The van der Waals surface area contributed by atoms with Gasteiger partial charge >= 0.3 is 0 Å². The Labute approximate surface area is 58.0 Å². The monoisotopic (exact) mass is 197 g/mol. The summed E-state index contributed by atoms with van der Waals surface area (Å²) in [5, 5.41) is 3.28. The molecule has 0 spiro atoms. The van der Waals surface area contributed by atoms with Crippen molar-refractivity contribution in [2.75, 3.05) is 0 Å². The average molecular weight is 198 g/mol. The second-order valence-corrected chi connectivity index (χ2v) is 2.02. The van der Waals surface area contributed by atoms with Crippen molar-refractivity contribution in [3.05, 3.63) is 12.2 Å². The first-order valence-corrected chi connectivity index (χ1v) is 2.77. The highest BCUT2D eigenvalue weighted by Gasteiger charge is 2.10. The third kappa shape index (κ3) is 1.44. The van der Waals surface area contributed by atoms with E-state index in [1.165, 1.54) is 0 Å². The summed E-state index contributed by atoms with van der Waals surface area (Å²) in [7, 11) is 0. The van der Waals surface area contributed by atoms with E-state index < -0.39 is 12.2 Å². The topological polar surface area (TPSA) is 30.7 Å². The van der Waals surface area contributed by atoms with Crippen molar-refractivity contribution in [2.45, 2.75) is 6.43 Å². The van der Waals surface area contributed by atoms with Crippen LogP contribution in [-0.4, -0.2) is 13.8 Å². The summed E-state index contributed by atoms with van der Waals surface area (Å²) in [6, 6.07) is 0. The highest BCUT2D eigenvalue weighted by Crippen LogP contribution is 2.12. The van der Waals surface area contributed by atoms with Gasteiger partial charge in [-0.05, 0) is 0 Å². The van der Waals surface area contributed by atoms with Crippen LogP contribution < -0.4 is 0 Å². The number of rotatable bonds is 1. The highest BCUT2D eigenvalue weighted by atomic mass is 79.9. The largest absolute Gasteiger partial charge is 0.299 e. The summed E-state index contributed by atoms with van der Waals surface area (Å²) in [5.74, 6) is -0.466. The number of nitrogens with zero attached hydrogens (tertiary/aromatic N) is 3. The van der Waals surface area contributed by atoms with E-state index in [1.807, 2.05) is 0 Å². The molecular weight excluding hydrogens is 196 g/mol. The standard InChI is InChI=1S/C3H2BrF2N3/c4-9-1-7-3(8-9)2(5)6/h1-2H. The van der Waals surface area contributed by atoms with E-state index in [0.717, 1.165) is 10.0 Å². The van der Waals surface area contributed by atoms with E-state index in [9.17, 15) is 8.78 Å². The maximum absolute atomic E-state index is 11.6. The lowest BCUT2D eigenvalue weighted by Gasteiger charge is -1.85. The molecule has 0 radical (unpaired) electrons. The first-order valence-electron chi connectivity index (χ1n) is 2.06. The van der Waals surface area contributed by atoms with Crippen LogP contribution in [0.25, 0.3) is 0 Å². The van der Waals surface area contributed by atoms with Crippen LogP contribution in [0.15, 0.2) is 6.33 Å². The second kappa shape index (κ2) is 2.38. The van der Waals surface area contributed by atoms with Gasteiger partial charge < -0.3 is 0 Å². The summed E-state index contributed by atoms with van der Waals surface area (Å²) in [6.45, 7) is 0. The molecule has 0 fully saturated rings. The summed E-state index contributed by atoms with van der Waals surface area (Å²) in [5.41, 5.74) is 0. The van der Waals surface area contributed by atoms with Crippen LogP contribution in [0.5, 0.6) is 0 Å². The molecule has 0 aliphatic carbocycles. The Balaban J connectivity index is 2.85. The third-order valence-corrected chi connectivity index (χ3v) is 1.02. The predicted molar refractivity (Wildman–Crippen MR) is 29.3 cm³/mol. The van der Waals surface area contributed by atoms with Gasteiger partial charge in [-0.25, -0.2) is 13.8 Å². The van der Waals surface area contributed by atoms with Gasteiger partial charge in [0.2, 0.25) is 5.82 Å². The van der Waals surface area contributed by atoms with Crippen LogP contribution >= 0.6 is 16.1 Å². The van der Waals surface area contributed by atoms with Gasteiger partial charge in [-0.3, -0.25) is 0 Å². The zero-order valence-corrected chi connectivity index (χ0v) is 5.72. The molecule has 0 aliphatic heterocycles. The van der Waals surface area contributed by atoms with Gasteiger partial charge in [0.1, 0.15) is 6.33 Å². The first kappa shape index (κ1) is 6.60. The van der Waals surface area contributed by atoms with Gasteiger partial charge in [-0.1, -0.05) is 0 Å². The van der Waals surface area contributed by atoms with Crippen molar-refractivity contribution in [2.24, 2.45) is 0 Å². The maximum Gasteiger partial charge on any atom is 0.299 e. The van der Waals surface area contributed by atoms with Crippen molar-refractivity contribution in [1.82, 2.24) is 13.8 Å². The Hall–Kier alpha value is -0.520. The van der Waals surface area contributed by atoms with Crippen molar-refractivity contribution in [3.8, 4) is 0 Å². The molecule has 6 heteroatoms. The minimum absolute atomic E-state index is 0.466. The smallest absolute Gasteiger partial charge is 0.213 e. The molecule has 3 nitrogen and oxygen atoms in total. The normalized spacial score (nSPS) is 10.7. The number of alkyl halides is 2. The second-order valence-electron chi connectivity index (χ2n) is 1.29. The van der Waals surface area contributed by atoms with Crippen LogP contribution in [0.1, 0.15) is 12.2 Å². The fourth-order valence-electron chi connectivity index (χ4n) is 0.356. The molecular formula is C3H2BrF2N3. The van der Waals surface area contributed by atoms with E-state index in [0.29, 0.717) is 0 Å². The summed E-state index contributed by atoms with van der Waals surface area (Å²) >= 11 is 2.81. The minimum Gasteiger partial charge on any atom is -0.213 e. The number of aromatic nitrogens is 3. The van der Waals surface area contributed by atoms with Gasteiger partial charge in [-0.15, -0.1) is 5.10 Å². The molecule has 0 bridgehead atoms. The molecule has 1 rings (SSSR count). The molecule has 1 aromatic heterocycles. The quantitative estimate of drug-likeness (QED) is 0.682. The van der Waals surface area contributed by atoms with Crippen LogP contribution in [0.3, 0.4) is 0 Å². The molecule has 0 saturated carbocycles. The molecule has 0 unspecified atom stereocenters. The van der Waals surface area contributed by atoms with E-state index >= 15 is 0 Å². The average Bonchev–Trinajstić information content (AvgIpc) is 2.14. The Morgan fingerprint density at radius 3 is 2.56 bits per heavy atom. The van der Waals surface area contributed by atoms with E-state index in [2.05, 4.69) is 26.2 Å². The molecule has 9 heavy (non-hydrogen) atoms. The Morgan fingerprint density at radius 2 is 2.33 bits per heavy atom. The molecule has 50 valence electrons. The lowest BCUT2D eigenvalue weighted by Crippen LogP contribution is -1.87. The van der Waals surface area contributed by atoms with Gasteiger partial charge in [0.05, 0.1) is 16.1 Å². The van der Waals surface area contributed by atoms with Crippen molar-refractivity contribution < 1.29 is 8.78 Å². The fourth-order valence-corrected chi connectivity index (χ4v) is 0.610. The Morgan fingerprint density at radius 1 is 1.67 bits per heavy atom. The number of hydrogen-bond acceptors (Lipinski definition) is 2. The molecule has 0 saturated heterocycles. The lowest BCUT2D eigenvalue weighted by atomic mass is 10.7. The van der Waals surface area contributed by atoms with Gasteiger partial charge in [0.25, 0.3) is 6.43 Å². The van der Waals surface area contributed by atoms with Crippen molar-refractivity contribution in [3.63, 3.8) is 0 Å². The predicted octanol–water partition coefficient (Wildman–Crippen LogP) is 1.37. The number of halogens is 3. The molecule has 1 aromatic rings. The molecule has 0 aromatic carbocycles. The van der Waals surface area contributed by atoms with Gasteiger partial charge in [-0.2, -0.15) is 3.71 Å². The molecule has 0 atom stereocenters. The third-order valence-electron chi connectivity index (χ3n) is 0.678. The highest BCUT2D eigenvalue weighted by molar-refractivity contribution is 9.08. The van der Waals surface area contributed by atoms with Crippen LogP contribution in [0.4, 0.5) is 8.78 Å². The van der Waals surface area contributed by atoms with Crippen LogP contribution in [0.2, 0.25) is 0 Å². The zero-order chi connectivity index (χ0) is 6.85. The van der Waals surface area contributed by atoms with Crippen LogP contribution in [0, 0.1) is 0 Å². The molecule has 0 N–H and O–H groups in total. The molecule has 0 aliphatic rings. The molecule has 1 heterocycles. The van der Waals surface area contributed by atoms with Crippen molar-refractivity contribution in [1.29, 1.82) is 0 Å². The van der Waals surface area contributed by atoms with Gasteiger partial charge in [0, 0.05) is 0 Å².